The minimum Gasteiger partial charge on any atom is -0.475 e. The van der Waals surface area contributed by atoms with Gasteiger partial charge in [-0.2, -0.15) is 0 Å². The summed E-state index contributed by atoms with van der Waals surface area (Å²) in [6.45, 7) is 0.550. The number of amides is 1. The molecule has 7 heteroatoms. The van der Waals surface area contributed by atoms with Gasteiger partial charge >= 0.3 is 5.97 Å². The maximum atomic E-state index is 13.3. The van der Waals surface area contributed by atoms with Crippen LogP contribution in [0.3, 0.4) is 0 Å². The highest BCUT2D eigenvalue weighted by molar-refractivity contribution is 5.97. The number of rotatable bonds is 7. The number of carboxylic acids is 1. The third kappa shape index (κ3) is 3.56. The third-order valence-electron chi connectivity index (χ3n) is 6.35. The van der Waals surface area contributed by atoms with E-state index in [1.54, 1.807) is 7.05 Å². The van der Waals surface area contributed by atoms with Crippen molar-refractivity contribution >= 4 is 17.7 Å². The molecule has 1 aliphatic heterocycles. The summed E-state index contributed by atoms with van der Waals surface area (Å²) in [4.78, 5) is 30.7. The number of carbonyl (C=O) groups excluding carboxylic acids is 1. The number of benzene rings is 3. The SMILES string of the molecule is Cn1c(NC(=O)C2C[N@@]2C(c2ccccc2)(c2ccccc2)c2ccccc2)cnc1C(=O)O. The molecule has 1 fully saturated rings. The lowest BCUT2D eigenvalue weighted by atomic mass is 9.76. The highest BCUT2D eigenvalue weighted by atomic mass is 16.4. The molecule has 5 rings (SSSR count). The molecule has 34 heavy (non-hydrogen) atoms. The first-order valence-corrected chi connectivity index (χ1v) is 11.0. The van der Waals surface area contributed by atoms with Crippen LogP contribution in [-0.4, -0.2) is 44.0 Å². The highest BCUT2D eigenvalue weighted by Gasteiger charge is 2.56. The summed E-state index contributed by atoms with van der Waals surface area (Å²) in [5, 5.41) is 12.1. The average molecular weight is 453 g/mol. The monoisotopic (exact) mass is 452 g/mol. The van der Waals surface area contributed by atoms with Crippen molar-refractivity contribution in [2.75, 3.05) is 11.9 Å². The molecular formula is C27H24N4O3. The Kier molecular flexibility index (Phi) is 5.47. The van der Waals surface area contributed by atoms with Gasteiger partial charge in [-0.15, -0.1) is 0 Å². The zero-order valence-corrected chi connectivity index (χ0v) is 18.6. The van der Waals surface area contributed by atoms with Crippen LogP contribution in [0.15, 0.2) is 97.2 Å². The lowest BCUT2D eigenvalue weighted by Gasteiger charge is -2.38. The summed E-state index contributed by atoms with van der Waals surface area (Å²) < 4.78 is 1.37. The van der Waals surface area contributed by atoms with Crippen molar-refractivity contribution in [2.24, 2.45) is 7.05 Å². The van der Waals surface area contributed by atoms with E-state index in [2.05, 4.69) is 51.6 Å². The molecule has 2 N–H and O–H groups in total. The molecule has 2 heterocycles. The van der Waals surface area contributed by atoms with Crippen molar-refractivity contribution in [2.45, 2.75) is 11.6 Å². The smallest absolute Gasteiger partial charge is 0.372 e. The van der Waals surface area contributed by atoms with E-state index >= 15 is 0 Å². The quantitative estimate of drug-likeness (QED) is 0.330. The molecule has 1 aliphatic rings. The molecule has 0 aliphatic carbocycles. The molecule has 1 amide bonds. The Balaban J connectivity index is 1.56. The zero-order valence-electron chi connectivity index (χ0n) is 18.6. The van der Waals surface area contributed by atoms with Gasteiger partial charge in [0.2, 0.25) is 11.7 Å². The molecule has 2 atom stereocenters. The van der Waals surface area contributed by atoms with E-state index in [4.69, 9.17) is 0 Å². The summed E-state index contributed by atoms with van der Waals surface area (Å²) in [6, 6.07) is 30.2. The Hall–Kier alpha value is -4.23. The van der Waals surface area contributed by atoms with E-state index in [1.807, 2.05) is 54.6 Å². The second-order valence-electron chi connectivity index (χ2n) is 8.30. The standard InChI is InChI=1S/C27H24N4O3/c1-30-23(17-28-24(30)26(33)34)29-25(32)22-18-31(22)27(19-11-5-2-6-12-19,20-13-7-3-8-14-20)21-15-9-4-10-16-21/h2-17,22H,18H2,1H3,(H,29,32)(H,33,34)/t22?,31-/m1/s1. The molecular weight excluding hydrogens is 428 g/mol. The van der Waals surface area contributed by atoms with Gasteiger partial charge in [-0.3, -0.25) is 9.69 Å². The van der Waals surface area contributed by atoms with Crippen molar-refractivity contribution in [3.05, 3.63) is 120 Å². The van der Waals surface area contributed by atoms with Gasteiger partial charge in [0.15, 0.2) is 0 Å². The van der Waals surface area contributed by atoms with E-state index in [-0.39, 0.29) is 11.7 Å². The summed E-state index contributed by atoms with van der Waals surface area (Å²) in [5.41, 5.74) is 2.54. The number of imidazole rings is 1. The van der Waals surface area contributed by atoms with Crippen molar-refractivity contribution < 1.29 is 14.7 Å². The molecule has 1 unspecified atom stereocenters. The predicted molar refractivity (Wildman–Crippen MR) is 128 cm³/mol. The highest BCUT2D eigenvalue weighted by Crippen LogP contribution is 2.48. The Bertz CT molecular complexity index is 1220. The Morgan fingerprint density at radius 3 is 1.76 bits per heavy atom. The van der Waals surface area contributed by atoms with Gasteiger partial charge in [-0.1, -0.05) is 91.0 Å². The summed E-state index contributed by atoms with van der Waals surface area (Å²) >= 11 is 0. The molecule has 7 nitrogen and oxygen atoms in total. The first-order valence-electron chi connectivity index (χ1n) is 11.0. The van der Waals surface area contributed by atoms with Gasteiger partial charge in [0.05, 0.1) is 11.7 Å². The van der Waals surface area contributed by atoms with Crippen molar-refractivity contribution in [3.8, 4) is 0 Å². The Morgan fingerprint density at radius 1 is 0.882 bits per heavy atom. The molecule has 3 aromatic carbocycles. The van der Waals surface area contributed by atoms with Gasteiger partial charge in [0, 0.05) is 13.6 Å². The largest absolute Gasteiger partial charge is 0.475 e. The van der Waals surface area contributed by atoms with Crippen molar-refractivity contribution in [3.63, 3.8) is 0 Å². The van der Waals surface area contributed by atoms with E-state index < -0.39 is 17.6 Å². The van der Waals surface area contributed by atoms with Gasteiger partial charge in [-0.05, 0) is 16.7 Å². The van der Waals surface area contributed by atoms with Crippen LogP contribution in [0.2, 0.25) is 0 Å². The van der Waals surface area contributed by atoms with Gasteiger partial charge in [-0.25, -0.2) is 9.78 Å². The van der Waals surface area contributed by atoms with Crippen molar-refractivity contribution in [1.29, 1.82) is 0 Å². The van der Waals surface area contributed by atoms with Crippen LogP contribution in [0.5, 0.6) is 0 Å². The first kappa shape index (κ1) is 21.6. The van der Waals surface area contributed by atoms with E-state index in [1.165, 1.54) is 10.8 Å². The third-order valence-corrected chi connectivity index (χ3v) is 6.35. The van der Waals surface area contributed by atoms with E-state index in [0.717, 1.165) is 16.7 Å². The van der Waals surface area contributed by atoms with Gasteiger partial charge in [0.1, 0.15) is 11.9 Å². The number of nitrogens with one attached hydrogen (secondary N) is 1. The van der Waals surface area contributed by atoms with Crippen LogP contribution in [-0.2, 0) is 17.4 Å². The number of aromatic carboxylic acids is 1. The zero-order chi connectivity index (χ0) is 23.7. The molecule has 0 radical (unpaired) electrons. The van der Waals surface area contributed by atoms with E-state index in [0.29, 0.717) is 12.4 Å². The van der Waals surface area contributed by atoms with Crippen LogP contribution in [0.4, 0.5) is 5.82 Å². The summed E-state index contributed by atoms with van der Waals surface area (Å²) in [6.07, 6.45) is 1.37. The minimum absolute atomic E-state index is 0.129. The van der Waals surface area contributed by atoms with Crippen LogP contribution in [0, 0.1) is 0 Å². The van der Waals surface area contributed by atoms with Crippen LogP contribution in [0.25, 0.3) is 0 Å². The molecule has 1 aromatic heterocycles. The fourth-order valence-electron chi connectivity index (χ4n) is 4.70. The Morgan fingerprint density at radius 2 is 1.35 bits per heavy atom. The lowest BCUT2D eigenvalue weighted by molar-refractivity contribution is -0.116. The number of hydrogen-bond donors (Lipinski definition) is 2. The predicted octanol–water partition coefficient (Wildman–Crippen LogP) is 3.73. The number of carbonyl (C=O) groups is 2. The number of carboxylic acid groups (broad SMARTS) is 1. The van der Waals surface area contributed by atoms with Crippen LogP contribution >= 0.6 is 0 Å². The maximum absolute atomic E-state index is 13.3. The number of aromatic nitrogens is 2. The lowest BCUT2D eigenvalue weighted by Crippen LogP contribution is -2.40. The molecule has 0 saturated carbocycles. The minimum atomic E-state index is -1.15. The van der Waals surface area contributed by atoms with Crippen LogP contribution in [0.1, 0.15) is 27.3 Å². The van der Waals surface area contributed by atoms with Gasteiger partial charge < -0.3 is 15.0 Å². The first-order chi connectivity index (χ1) is 16.5. The number of nitrogens with zero attached hydrogens (tertiary/aromatic N) is 3. The second kappa shape index (κ2) is 8.61. The van der Waals surface area contributed by atoms with Gasteiger partial charge in [0.25, 0.3) is 0 Å². The fourth-order valence-corrected chi connectivity index (χ4v) is 4.70. The maximum Gasteiger partial charge on any atom is 0.372 e. The molecule has 170 valence electrons. The Labute approximate surface area is 197 Å². The molecule has 4 aromatic rings. The number of anilines is 1. The van der Waals surface area contributed by atoms with Crippen molar-refractivity contribution in [1.82, 2.24) is 14.5 Å². The van der Waals surface area contributed by atoms with Crippen LogP contribution < -0.4 is 5.32 Å². The molecule has 0 spiro atoms. The fraction of sp³-hybridized carbons (Fsp3) is 0.148. The summed E-state index contributed by atoms with van der Waals surface area (Å²) in [5.74, 6) is -1.13. The summed E-state index contributed by atoms with van der Waals surface area (Å²) in [7, 11) is 1.57. The molecule has 1 saturated heterocycles. The topological polar surface area (TPSA) is 87.2 Å². The average Bonchev–Trinajstić information content (AvgIpc) is 3.59. The second-order valence-corrected chi connectivity index (χ2v) is 8.30. The normalized spacial score (nSPS) is 17.2. The van der Waals surface area contributed by atoms with E-state index in [9.17, 15) is 14.7 Å². The number of hydrogen-bond acceptors (Lipinski definition) is 4. The molecule has 0 bridgehead atoms.